The highest BCUT2D eigenvalue weighted by Crippen LogP contribution is 2.33. The zero-order chi connectivity index (χ0) is 22.2. The van der Waals surface area contributed by atoms with Gasteiger partial charge in [0, 0.05) is 32.2 Å². The van der Waals surface area contributed by atoms with Crippen molar-refractivity contribution in [3.63, 3.8) is 0 Å². The van der Waals surface area contributed by atoms with Gasteiger partial charge in [0.2, 0.25) is 21.9 Å². The molecule has 2 saturated heterocycles. The number of nitrogens with one attached hydrogen (secondary N) is 1. The van der Waals surface area contributed by atoms with Crippen LogP contribution in [-0.4, -0.2) is 88.9 Å². The van der Waals surface area contributed by atoms with Gasteiger partial charge in [-0.1, -0.05) is 0 Å². The van der Waals surface area contributed by atoms with Crippen LogP contribution in [0.15, 0.2) is 6.20 Å². The van der Waals surface area contributed by atoms with E-state index in [0.29, 0.717) is 57.8 Å². The van der Waals surface area contributed by atoms with Gasteiger partial charge in [0.05, 0.1) is 11.8 Å². The van der Waals surface area contributed by atoms with E-state index in [1.807, 2.05) is 18.0 Å². The van der Waals surface area contributed by atoms with Gasteiger partial charge in [0.15, 0.2) is 0 Å². The van der Waals surface area contributed by atoms with Crippen molar-refractivity contribution in [2.75, 3.05) is 38.5 Å². The average Bonchev–Trinajstić information content (AvgIpc) is 3.04. The Labute approximate surface area is 183 Å². The number of piperidine rings is 1. The molecule has 10 nitrogen and oxygen atoms in total. The molecule has 0 spiro atoms. The van der Waals surface area contributed by atoms with E-state index in [4.69, 9.17) is 4.74 Å². The molecule has 0 unspecified atom stereocenters. The lowest BCUT2D eigenvalue weighted by Gasteiger charge is -2.40. The summed E-state index contributed by atoms with van der Waals surface area (Å²) in [6.45, 7) is 3.85. The maximum Gasteiger partial charge on any atom is 0.236 e. The summed E-state index contributed by atoms with van der Waals surface area (Å²) in [5, 5.41) is 22.8. The molecule has 0 radical (unpaired) electrons. The topological polar surface area (TPSA) is 132 Å². The zero-order valence-corrected chi connectivity index (χ0v) is 18.8. The number of aliphatic hydroxyl groups is 1. The molecule has 3 heterocycles. The Hall–Kier alpha value is -2.00. The van der Waals surface area contributed by atoms with Crippen molar-refractivity contribution in [2.24, 2.45) is 0 Å². The van der Waals surface area contributed by atoms with Crippen molar-refractivity contribution < 1.29 is 18.3 Å². The number of aromatic nitrogens is 2. The van der Waals surface area contributed by atoms with E-state index in [-0.39, 0.29) is 22.7 Å². The van der Waals surface area contributed by atoms with Gasteiger partial charge in [-0.2, -0.15) is 10.2 Å². The number of likely N-dealkylation sites (tertiary alicyclic amines) is 1. The fraction of sp³-hybridized carbons (Fsp3) is 0.750. The van der Waals surface area contributed by atoms with Crippen molar-refractivity contribution in [2.45, 2.75) is 62.0 Å². The van der Waals surface area contributed by atoms with E-state index in [9.17, 15) is 18.8 Å². The molecule has 4 rings (SSSR count). The van der Waals surface area contributed by atoms with Gasteiger partial charge in [-0.05, 0) is 46.1 Å². The maximum absolute atomic E-state index is 12.7. The summed E-state index contributed by atoms with van der Waals surface area (Å²) in [4.78, 5) is 10.6. The Kier molecular flexibility index (Phi) is 6.09. The number of nitrogens with zero attached hydrogens (tertiary/aromatic N) is 5. The molecule has 1 aliphatic carbocycles. The molecule has 170 valence electrons. The Morgan fingerprint density at radius 3 is 2.61 bits per heavy atom. The first-order chi connectivity index (χ1) is 14.7. The van der Waals surface area contributed by atoms with Gasteiger partial charge in [0.25, 0.3) is 0 Å². The molecular weight excluding hydrogens is 420 g/mol. The van der Waals surface area contributed by atoms with Crippen molar-refractivity contribution >= 4 is 16.0 Å². The first-order valence-electron chi connectivity index (χ1n) is 10.8. The summed E-state index contributed by atoms with van der Waals surface area (Å²) < 4.78 is 32.9. The van der Waals surface area contributed by atoms with Crippen LogP contribution in [0.25, 0.3) is 0 Å². The predicted molar refractivity (Wildman–Crippen MR) is 114 cm³/mol. The first kappa shape index (κ1) is 22.2. The third-order valence-electron chi connectivity index (χ3n) is 6.57. The molecule has 2 N–H and O–H groups in total. The van der Waals surface area contributed by atoms with Crippen LogP contribution in [0, 0.1) is 11.3 Å². The van der Waals surface area contributed by atoms with E-state index in [1.54, 1.807) is 11.2 Å². The van der Waals surface area contributed by atoms with Crippen molar-refractivity contribution in [1.82, 2.24) is 19.2 Å². The molecule has 3 fully saturated rings. The summed E-state index contributed by atoms with van der Waals surface area (Å²) in [7, 11) is -1.32. The van der Waals surface area contributed by atoms with Gasteiger partial charge >= 0.3 is 0 Å². The molecule has 0 aromatic carbocycles. The van der Waals surface area contributed by atoms with Crippen molar-refractivity contribution in [3.8, 4) is 11.9 Å². The number of rotatable bonds is 6. The lowest BCUT2D eigenvalue weighted by molar-refractivity contribution is -0.0271. The summed E-state index contributed by atoms with van der Waals surface area (Å²) >= 11 is 0. The van der Waals surface area contributed by atoms with Crippen LogP contribution in [0.1, 0.15) is 44.6 Å². The molecule has 2 aliphatic heterocycles. The van der Waals surface area contributed by atoms with Gasteiger partial charge in [0.1, 0.15) is 23.0 Å². The van der Waals surface area contributed by atoms with Crippen molar-refractivity contribution in [3.05, 3.63) is 11.8 Å². The van der Waals surface area contributed by atoms with Gasteiger partial charge in [-0.3, -0.25) is 0 Å². The highest BCUT2D eigenvalue weighted by Gasteiger charge is 2.41. The van der Waals surface area contributed by atoms with Crippen LogP contribution in [0.3, 0.4) is 0 Å². The minimum Gasteiger partial charge on any atom is -0.470 e. The zero-order valence-electron chi connectivity index (χ0n) is 18.0. The number of hydrogen-bond donors (Lipinski definition) is 2. The van der Waals surface area contributed by atoms with Crippen LogP contribution in [0.4, 0.5) is 5.95 Å². The van der Waals surface area contributed by atoms with Crippen LogP contribution in [0.2, 0.25) is 0 Å². The monoisotopic (exact) mass is 450 g/mol. The number of nitriles is 1. The predicted octanol–water partition coefficient (Wildman–Crippen LogP) is 0.551. The minimum atomic E-state index is -3.24. The molecule has 1 saturated carbocycles. The standard InChI is InChI=1S/C20H30N6O4S/c1-20(27)7-3-4-17(20)30-18-14(10-21)11-22-19(24-18)23-15-5-8-26(9-6-15)31(28,29)16-12-25(2)13-16/h11,15-17,27H,3-9,12-13H2,1-2H3,(H,22,23,24)/t17-,20+/m1/s1. The van der Waals surface area contributed by atoms with Crippen LogP contribution in [0.5, 0.6) is 5.88 Å². The number of hydrogen-bond acceptors (Lipinski definition) is 9. The summed E-state index contributed by atoms with van der Waals surface area (Å²) in [6.07, 6.45) is 4.51. The lowest BCUT2D eigenvalue weighted by Crippen LogP contribution is -2.58. The molecule has 1 aromatic heterocycles. The highest BCUT2D eigenvalue weighted by atomic mass is 32.2. The first-order valence-corrected chi connectivity index (χ1v) is 12.3. The van der Waals surface area contributed by atoms with Crippen LogP contribution < -0.4 is 10.1 Å². The van der Waals surface area contributed by atoms with Crippen LogP contribution in [-0.2, 0) is 10.0 Å². The van der Waals surface area contributed by atoms with E-state index >= 15 is 0 Å². The van der Waals surface area contributed by atoms with E-state index in [0.717, 1.165) is 6.42 Å². The Balaban J connectivity index is 1.37. The smallest absolute Gasteiger partial charge is 0.236 e. The molecule has 1 aromatic rings. The molecule has 0 bridgehead atoms. The minimum absolute atomic E-state index is 0.0332. The van der Waals surface area contributed by atoms with Gasteiger partial charge in [-0.15, -0.1) is 0 Å². The number of anilines is 1. The quantitative estimate of drug-likeness (QED) is 0.638. The summed E-state index contributed by atoms with van der Waals surface area (Å²) in [5.41, 5.74) is -0.724. The van der Waals surface area contributed by atoms with Crippen LogP contribution >= 0.6 is 0 Å². The maximum atomic E-state index is 12.7. The lowest BCUT2D eigenvalue weighted by atomic mass is 10.0. The van der Waals surface area contributed by atoms with Crippen molar-refractivity contribution in [1.29, 1.82) is 5.26 Å². The number of ether oxygens (including phenoxy) is 1. The Bertz CT molecular complexity index is 949. The average molecular weight is 451 g/mol. The molecule has 11 heteroatoms. The van der Waals surface area contributed by atoms with Gasteiger partial charge < -0.3 is 20.1 Å². The second-order valence-electron chi connectivity index (χ2n) is 9.09. The normalized spacial score (nSPS) is 28.8. The fourth-order valence-corrected chi connectivity index (χ4v) is 6.55. The second-order valence-corrected chi connectivity index (χ2v) is 11.3. The Morgan fingerprint density at radius 1 is 1.32 bits per heavy atom. The summed E-state index contributed by atoms with van der Waals surface area (Å²) in [6, 6.07) is 2.07. The SMILES string of the molecule is CN1CC(S(=O)(=O)N2CCC(Nc3ncc(C#N)c(O[C@@H]4CCC[C@]4(C)O)n3)CC2)C1. The Morgan fingerprint density at radius 2 is 2.03 bits per heavy atom. The van der Waals surface area contributed by atoms with E-state index < -0.39 is 21.7 Å². The summed E-state index contributed by atoms with van der Waals surface area (Å²) in [5.74, 6) is 0.509. The fourth-order valence-electron chi connectivity index (χ4n) is 4.52. The molecule has 2 atom stereocenters. The second kappa shape index (κ2) is 8.50. The molecular formula is C20H30N6O4S. The molecule has 3 aliphatic rings. The van der Waals surface area contributed by atoms with E-state index in [2.05, 4.69) is 15.3 Å². The largest absolute Gasteiger partial charge is 0.470 e. The molecule has 0 amide bonds. The highest BCUT2D eigenvalue weighted by molar-refractivity contribution is 7.89. The number of sulfonamides is 1. The third kappa shape index (κ3) is 4.62. The van der Waals surface area contributed by atoms with E-state index in [1.165, 1.54) is 6.20 Å². The molecule has 31 heavy (non-hydrogen) atoms. The third-order valence-corrected chi connectivity index (χ3v) is 8.80. The van der Waals surface area contributed by atoms with Gasteiger partial charge in [-0.25, -0.2) is 17.7 Å².